The van der Waals surface area contributed by atoms with E-state index in [0.29, 0.717) is 17.6 Å². The average molecular weight is 348 g/mol. The summed E-state index contributed by atoms with van der Waals surface area (Å²) in [5.74, 6) is 1.59. The first-order valence-corrected chi connectivity index (χ1v) is 8.62. The molecule has 2 aromatic rings. The highest BCUT2D eigenvalue weighted by Crippen LogP contribution is 2.36. The van der Waals surface area contributed by atoms with Gasteiger partial charge in [-0.3, -0.25) is 4.98 Å². The predicted octanol–water partition coefficient (Wildman–Crippen LogP) is 3.69. The van der Waals surface area contributed by atoms with Crippen LogP contribution in [0.25, 0.3) is 0 Å². The molecule has 0 radical (unpaired) electrons. The third-order valence-corrected chi connectivity index (χ3v) is 4.62. The topological polar surface area (TPSA) is 56.3 Å². The van der Waals surface area contributed by atoms with Gasteiger partial charge in [-0.2, -0.15) is 0 Å². The van der Waals surface area contributed by atoms with Gasteiger partial charge in [0, 0.05) is 25.2 Å². The minimum atomic E-state index is 0.00694. The Hall–Kier alpha value is -1.85. The van der Waals surface area contributed by atoms with Gasteiger partial charge in [0.1, 0.15) is 16.7 Å². The van der Waals surface area contributed by atoms with E-state index in [-0.39, 0.29) is 5.41 Å². The second-order valence-electron chi connectivity index (χ2n) is 5.93. The molecule has 3 rings (SSSR count). The Morgan fingerprint density at radius 3 is 2.62 bits per heavy atom. The van der Waals surface area contributed by atoms with E-state index in [1.807, 2.05) is 19.1 Å². The fourth-order valence-corrected chi connectivity index (χ4v) is 3.24. The molecule has 0 saturated carbocycles. The first kappa shape index (κ1) is 17.0. The summed E-state index contributed by atoms with van der Waals surface area (Å²) >= 11 is 5.92. The van der Waals surface area contributed by atoms with Gasteiger partial charge in [0.2, 0.25) is 0 Å². The Balaban J connectivity index is 1.79. The molecule has 0 spiro atoms. The lowest BCUT2D eigenvalue weighted by Crippen LogP contribution is -2.40. The van der Waals surface area contributed by atoms with Crippen molar-refractivity contribution in [2.24, 2.45) is 0 Å². The second-order valence-corrected chi connectivity index (χ2v) is 6.32. The van der Waals surface area contributed by atoms with Gasteiger partial charge in [-0.25, -0.2) is 4.98 Å². The number of aromatic nitrogens is 2. The molecule has 0 unspecified atom stereocenters. The van der Waals surface area contributed by atoms with Crippen LogP contribution in [-0.2, 0) is 10.2 Å². The molecule has 1 aromatic heterocycles. The van der Waals surface area contributed by atoms with Gasteiger partial charge in [-0.05, 0) is 37.5 Å². The Kier molecular flexibility index (Phi) is 5.53. The standard InChI is InChI=1S/C18H22ClN3O2/c1-2-24-15-5-3-14(4-6-15)18(7-9-23-10-8-18)13-21-17-12-20-11-16(19)22-17/h3-6,11-12H,2,7-10,13H2,1H3,(H,21,22). The van der Waals surface area contributed by atoms with Gasteiger partial charge >= 0.3 is 0 Å². The van der Waals surface area contributed by atoms with E-state index in [9.17, 15) is 0 Å². The Labute approximate surface area is 147 Å². The molecule has 1 aliphatic rings. The number of ether oxygens (including phenoxy) is 2. The second kappa shape index (κ2) is 7.81. The molecule has 128 valence electrons. The molecule has 0 amide bonds. The highest BCUT2D eigenvalue weighted by atomic mass is 35.5. The van der Waals surface area contributed by atoms with Crippen molar-refractivity contribution in [3.63, 3.8) is 0 Å². The predicted molar refractivity (Wildman–Crippen MR) is 94.9 cm³/mol. The summed E-state index contributed by atoms with van der Waals surface area (Å²) in [5.41, 5.74) is 1.30. The van der Waals surface area contributed by atoms with Crippen molar-refractivity contribution in [1.29, 1.82) is 0 Å². The third kappa shape index (κ3) is 3.97. The highest BCUT2D eigenvalue weighted by molar-refractivity contribution is 6.29. The maximum Gasteiger partial charge on any atom is 0.149 e. The van der Waals surface area contributed by atoms with Crippen LogP contribution in [0.15, 0.2) is 36.7 Å². The number of nitrogens with one attached hydrogen (secondary N) is 1. The van der Waals surface area contributed by atoms with Crippen LogP contribution in [0.4, 0.5) is 5.82 Å². The van der Waals surface area contributed by atoms with Gasteiger partial charge < -0.3 is 14.8 Å². The van der Waals surface area contributed by atoms with Crippen LogP contribution in [0, 0.1) is 0 Å². The summed E-state index contributed by atoms with van der Waals surface area (Å²) in [7, 11) is 0. The number of nitrogens with zero attached hydrogens (tertiary/aromatic N) is 2. The van der Waals surface area contributed by atoms with Crippen LogP contribution >= 0.6 is 11.6 Å². The number of anilines is 1. The van der Waals surface area contributed by atoms with Crippen LogP contribution in [0.3, 0.4) is 0 Å². The molecular formula is C18H22ClN3O2. The lowest BCUT2D eigenvalue weighted by atomic mass is 9.74. The van der Waals surface area contributed by atoms with E-state index in [0.717, 1.165) is 38.3 Å². The Bertz CT molecular complexity index is 658. The lowest BCUT2D eigenvalue weighted by Gasteiger charge is -2.38. The van der Waals surface area contributed by atoms with Gasteiger partial charge in [-0.1, -0.05) is 23.7 Å². The summed E-state index contributed by atoms with van der Waals surface area (Å²) in [4.78, 5) is 8.34. The van der Waals surface area contributed by atoms with Crippen LogP contribution in [-0.4, -0.2) is 36.3 Å². The molecule has 0 bridgehead atoms. The summed E-state index contributed by atoms with van der Waals surface area (Å²) in [6.07, 6.45) is 5.14. The van der Waals surface area contributed by atoms with Crippen molar-refractivity contribution in [1.82, 2.24) is 9.97 Å². The summed E-state index contributed by atoms with van der Waals surface area (Å²) in [5, 5.41) is 3.78. The summed E-state index contributed by atoms with van der Waals surface area (Å²) in [6.45, 7) is 4.95. The highest BCUT2D eigenvalue weighted by Gasteiger charge is 2.34. The molecule has 0 aliphatic carbocycles. The van der Waals surface area contributed by atoms with Crippen molar-refractivity contribution >= 4 is 17.4 Å². The molecule has 2 heterocycles. The number of rotatable bonds is 6. The van der Waals surface area contributed by atoms with Gasteiger partial charge in [0.25, 0.3) is 0 Å². The van der Waals surface area contributed by atoms with E-state index in [4.69, 9.17) is 21.1 Å². The monoisotopic (exact) mass is 347 g/mol. The molecule has 6 heteroatoms. The first-order valence-electron chi connectivity index (χ1n) is 8.24. The normalized spacial score (nSPS) is 16.6. The van der Waals surface area contributed by atoms with Crippen LogP contribution in [0.5, 0.6) is 5.75 Å². The Morgan fingerprint density at radius 2 is 1.96 bits per heavy atom. The van der Waals surface area contributed by atoms with Crippen molar-refractivity contribution in [2.75, 3.05) is 31.7 Å². The maximum atomic E-state index is 5.92. The molecule has 1 fully saturated rings. The molecule has 24 heavy (non-hydrogen) atoms. The minimum Gasteiger partial charge on any atom is -0.494 e. The maximum absolute atomic E-state index is 5.92. The molecule has 1 aliphatic heterocycles. The molecule has 5 nitrogen and oxygen atoms in total. The zero-order valence-corrected chi connectivity index (χ0v) is 14.6. The van der Waals surface area contributed by atoms with Gasteiger partial charge in [0.15, 0.2) is 0 Å². The first-order chi connectivity index (χ1) is 11.7. The number of halogens is 1. The number of hydrogen-bond acceptors (Lipinski definition) is 5. The Morgan fingerprint density at radius 1 is 1.21 bits per heavy atom. The van der Waals surface area contributed by atoms with E-state index >= 15 is 0 Å². The van der Waals surface area contributed by atoms with Crippen LogP contribution < -0.4 is 10.1 Å². The van der Waals surface area contributed by atoms with E-state index < -0.39 is 0 Å². The zero-order chi connectivity index (χ0) is 16.8. The van der Waals surface area contributed by atoms with E-state index in [1.54, 1.807) is 6.20 Å². The quantitative estimate of drug-likeness (QED) is 0.863. The minimum absolute atomic E-state index is 0.00694. The SMILES string of the molecule is CCOc1ccc(C2(CNc3cncc(Cl)n3)CCOCC2)cc1. The molecular weight excluding hydrogens is 326 g/mol. The zero-order valence-electron chi connectivity index (χ0n) is 13.8. The van der Waals surface area contributed by atoms with Crippen LogP contribution in [0.2, 0.25) is 5.15 Å². The molecule has 1 saturated heterocycles. The van der Waals surface area contributed by atoms with Crippen molar-refractivity contribution in [2.45, 2.75) is 25.2 Å². The molecule has 1 aromatic carbocycles. The van der Waals surface area contributed by atoms with Crippen LogP contribution in [0.1, 0.15) is 25.3 Å². The lowest BCUT2D eigenvalue weighted by molar-refractivity contribution is 0.0543. The molecule has 0 atom stereocenters. The number of hydrogen-bond donors (Lipinski definition) is 1. The summed E-state index contributed by atoms with van der Waals surface area (Å²) < 4.78 is 11.1. The largest absolute Gasteiger partial charge is 0.494 e. The van der Waals surface area contributed by atoms with Crippen molar-refractivity contribution < 1.29 is 9.47 Å². The van der Waals surface area contributed by atoms with Crippen molar-refractivity contribution in [3.8, 4) is 5.75 Å². The number of benzene rings is 1. The smallest absolute Gasteiger partial charge is 0.149 e. The average Bonchev–Trinajstić information content (AvgIpc) is 2.62. The van der Waals surface area contributed by atoms with Gasteiger partial charge in [-0.15, -0.1) is 0 Å². The van der Waals surface area contributed by atoms with E-state index in [2.05, 4.69) is 27.4 Å². The fraction of sp³-hybridized carbons (Fsp3) is 0.444. The fourth-order valence-electron chi connectivity index (χ4n) is 3.09. The van der Waals surface area contributed by atoms with Gasteiger partial charge in [0.05, 0.1) is 19.0 Å². The third-order valence-electron chi connectivity index (χ3n) is 4.44. The summed E-state index contributed by atoms with van der Waals surface area (Å²) in [6, 6.07) is 8.38. The van der Waals surface area contributed by atoms with Crippen molar-refractivity contribution in [3.05, 3.63) is 47.4 Å². The molecule has 1 N–H and O–H groups in total. The van der Waals surface area contributed by atoms with E-state index in [1.165, 1.54) is 11.8 Å².